The number of fused-ring (bicyclic) bond motifs is 6. The highest BCUT2D eigenvalue weighted by atomic mass is 79.9. The molecule has 156 valence electrons. The standard InChI is InChI=1S/C29H18BrN3/c30-19-7-5-8-20(17-19)32-26-12-3-2-10-23(26)25-18-21(14-15-28(25)32)33-27-13-4-1-9-22(27)24-11-6-16-31-29(24)33/h1-18H. The first kappa shape index (κ1) is 18.7. The van der Waals surface area contributed by atoms with E-state index in [4.69, 9.17) is 4.98 Å². The maximum atomic E-state index is 4.75. The van der Waals surface area contributed by atoms with Crippen LogP contribution in [0.5, 0.6) is 0 Å². The van der Waals surface area contributed by atoms with Crippen LogP contribution >= 0.6 is 15.9 Å². The first-order valence-corrected chi connectivity index (χ1v) is 11.7. The van der Waals surface area contributed by atoms with Crippen LogP contribution in [-0.2, 0) is 0 Å². The molecule has 0 bridgehead atoms. The average molecular weight is 488 g/mol. The fraction of sp³-hybridized carbons (Fsp3) is 0. The van der Waals surface area contributed by atoms with Crippen molar-refractivity contribution in [1.29, 1.82) is 0 Å². The van der Waals surface area contributed by atoms with Crippen LogP contribution in [0.15, 0.2) is 114 Å². The van der Waals surface area contributed by atoms with E-state index >= 15 is 0 Å². The van der Waals surface area contributed by atoms with E-state index in [9.17, 15) is 0 Å². The van der Waals surface area contributed by atoms with Gasteiger partial charge in [-0.05, 0) is 60.7 Å². The van der Waals surface area contributed by atoms with Gasteiger partial charge in [0, 0.05) is 43.6 Å². The molecule has 3 aromatic heterocycles. The summed E-state index contributed by atoms with van der Waals surface area (Å²) in [6, 6.07) is 36.5. The molecule has 33 heavy (non-hydrogen) atoms. The van der Waals surface area contributed by atoms with Gasteiger partial charge in [-0.15, -0.1) is 0 Å². The predicted octanol–water partition coefficient (Wildman–Crippen LogP) is 8.04. The molecule has 0 saturated heterocycles. The van der Waals surface area contributed by atoms with Crippen LogP contribution in [0.25, 0.3) is 55.1 Å². The largest absolute Gasteiger partial charge is 0.309 e. The van der Waals surface area contributed by atoms with Gasteiger partial charge in [-0.3, -0.25) is 4.57 Å². The van der Waals surface area contributed by atoms with Gasteiger partial charge < -0.3 is 4.57 Å². The van der Waals surface area contributed by atoms with Crippen molar-refractivity contribution >= 4 is 59.7 Å². The smallest absolute Gasteiger partial charge is 0.145 e. The van der Waals surface area contributed by atoms with Gasteiger partial charge >= 0.3 is 0 Å². The van der Waals surface area contributed by atoms with E-state index in [1.165, 1.54) is 38.1 Å². The van der Waals surface area contributed by atoms with E-state index in [2.05, 4.69) is 122 Å². The molecule has 4 heteroatoms. The van der Waals surface area contributed by atoms with Crippen molar-refractivity contribution in [2.45, 2.75) is 0 Å². The molecule has 0 unspecified atom stereocenters. The van der Waals surface area contributed by atoms with Gasteiger partial charge in [0.05, 0.1) is 16.6 Å². The van der Waals surface area contributed by atoms with Crippen molar-refractivity contribution in [3.05, 3.63) is 114 Å². The van der Waals surface area contributed by atoms with Crippen LogP contribution in [0.1, 0.15) is 0 Å². The Labute approximate surface area is 198 Å². The highest BCUT2D eigenvalue weighted by Gasteiger charge is 2.16. The molecule has 0 radical (unpaired) electrons. The Morgan fingerprint density at radius 3 is 2.00 bits per heavy atom. The Morgan fingerprint density at radius 2 is 1.18 bits per heavy atom. The van der Waals surface area contributed by atoms with Crippen molar-refractivity contribution in [3.63, 3.8) is 0 Å². The van der Waals surface area contributed by atoms with Crippen molar-refractivity contribution in [2.24, 2.45) is 0 Å². The van der Waals surface area contributed by atoms with Crippen LogP contribution < -0.4 is 0 Å². The summed E-state index contributed by atoms with van der Waals surface area (Å²) in [5, 5.41) is 4.86. The molecule has 3 nitrogen and oxygen atoms in total. The monoisotopic (exact) mass is 487 g/mol. The number of benzene rings is 4. The van der Waals surface area contributed by atoms with Gasteiger partial charge in [0.2, 0.25) is 0 Å². The van der Waals surface area contributed by atoms with E-state index in [0.29, 0.717) is 0 Å². The first-order chi connectivity index (χ1) is 16.3. The number of hydrogen-bond donors (Lipinski definition) is 0. The number of rotatable bonds is 2. The summed E-state index contributed by atoms with van der Waals surface area (Å²) in [4.78, 5) is 4.75. The minimum Gasteiger partial charge on any atom is -0.309 e. The second-order valence-corrected chi connectivity index (χ2v) is 9.18. The number of halogens is 1. The number of para-hydroxylation sites is 2. The van der Waals surface area contributed by atoms with E-state index in [1.54, 1.807) is 0 Å². The van der Waals surface area contributed by atoms with Crippen LogP contribution in [-0.4, -0.2) is 14.1 Å². The van der Waals surface area contributed by atoms with Crippen LogP contribution in [0, 0.1) is 0 Å². The Hall–Kier alpha value is -3.89. The summed E-state index contributed by atoms with van der Waals surface area (Å²) in [5.74, 6) is 0. The summed E-state index contributed by atoms with van der Waals surface area (Å²) in [5.41, 5.74) is 6.79. The zero-order chi connectivity index (χ0) is 21.9. The lowest BCUT2D eigenvalue weighted by Gasteiger charge is -2.10. The molecule has 0 aliphatic rings. The summed E-state index contributed by atoms with van der Waals surface area (Å²) < 4.78 is 5.68. The average Bonchev–Trinajstić information content (AvgIpc) is 3.37. The molecule has 0 N–H and O–H groups in total. The number of aromatic nitrogens is 3. The third-order valence-electron chi connectivity index (χ3n) is 6.41. The first-order valence-electron chi connectivity index (χ1n) is 10.9. The molecule has 0 aliphatic heterocycles. The fourth-order valence-electron chi connectivity index (χ4n) is 5.05. The number of hydrogen-bond acceptors (Lipinski definition) is 1. The van der Waals surface area contributed by atoms with Gasteiger partial charge in [-0.25, -0.2) is 4.98 Å². The molecule has 0 aliphatic carbocycles. The van der Waals surface area contributed by atoms with E-state index < -0.39 is 0 Å². The molecule has 0 atom stereocenters. The quantitative estimate of drug-likeness (QED) is 0.242. The van der Waals surface area contributed by atoms with Gasteiger partial charge in [0.15, 0.2) is 0 Å². The minimum atomic E-state index is 0.980. The summed E-state index contributed by atoms with van der Waals surface area (Å²) in [7, 11) is 0. The molecule has 0 amide bonds. The molecule has 0 saturated carbocycles. The lowest BCUT2D eigenvalue weighted by atomic mass is 10.1. The number of pyridine rings is 1. The fourth-order valence-corrected chi connectivity index (χ4v) is 5.44. The van der Waals surface area contributed by atoms with Crippen molar-refractivity contribution in [1.82, 2.24) is 14.1 Å². The normalized spacial score (nSPS) is 11.8. The predicted molar refractivity (Wildman–Crippen MR) is 141 cm³/mol. The van der Waals surface area contributed by atoms with Gasteiger partial charge in [0.25, 0.3) is 0 Å². The lowest BCUT2D eigenvalue weighted by molar-refractivity contribution is 1.13. The Morgan fingerprint density at radius 1 is 0.515 bits per heavy atom. The second-order valence-electron chi connectivity index (χ2n) is 8.26. The lowest BCUT2D eigenvalue weighted by Crippen LogP contribution is -1.96. The molecular formula is C29H18BrN3. The maximum Gasteiger partial charge on any atom is 0.145 e. The summed E-state index contributed by atoms with van der Waals surface area (Å²) >= 11 is 3.64. The van der Waals surface area contributed by atoms with E-state index in [0.717, 1.165) is 21.5 Å². The molecular weight excluding hydrogens is 470 g/mol. The zero-order valence-electron chi connectivity index (χ0n) is 17.6. The van der Waals surface area contributed by atoms with E-state index in [-0.39, 0.29) is 0 Å². The van der Waals surface area contributed by atoms with E-state index in [1.807, 2.05) is 12.3 Å². The minimum absolute atomic E-state index is 0.980. The third-order valence-corrected chi connectivity index (χ3v) is 6.91. The third kappa shape index (κ3) is 2.71. The highest BCUT2D eigenvalue weighted by molar-refractivity contribution is 9.10. The topological polar surface area (TPSA) is 22.8 Å². The van der Waals surface area contributed by atoms with Gasteiger partial charge in [-0.1, -0.05) is 58.4 Å². The Kier molecular flexibility index (Phi) is 3.99. The van der Waals surface area contributed by atoms with Gasteiger partial charge in [-0.2, -0.15) is 0 Å². The second kappa shape index (κ2) is 7.06. The van der Waals surface area contributed by atoms with Crippen molar-refractivity contribution < 1.29 is 0 Å². The van der Waals surface area contributed by atoms with Crippen LogP contribution in [0.4, 0.5) is 0 Å². The number of nitrogens with zero attached hydrogens (tertiary/aromatic N) is 3. The van der Waals surface area contributed by atoms with Crippen molar-refractivity contribution in [3.8, 4) is 11.4 Å². The maximum absolute atomic E-state index is 4.75. The van der Waals surface area contributed by atoms with Crippen molar-refractivity contribution in [2.75, 3.05) is 0 Å². The molecule has 4 aromatic carbocycles. The molecule has 3 heterocycles. The SMILES string of the molecule is Brc1cccc(-n2c3ccccc3c3cc(-n4c5ccccc5c5cccnc54)ccc32)c1. The highest BCUT2D eigenvalue weighted by Crippen LogP contribution is 2.36. The molecule has 0 spiro atoms. The zero-order valence-corrected chi connectivity index (χ0v) is 19.2. The summed E-state index contributed by atoms with van der Waals surface area (Å²) in [6.45, 7) is 0. The van der Waals surface area contributed by atoms with Crippen LogP contribution in [0.2, 0.25) is 0 Å². The van der Waals surface area contributed by atoms with Gasteiger partial charge in [0.1, 0.15) is 5.65 Å². The van der Waals surface area contributed by atoms with Crippen LogP contribution in [0.3, 0.4) is 0 Å². The molecule has 7 rings (SSSR count). The molecule has 7 aromatic rings. The molecule has 0 fully saturated rings. The Bertz CT molecular complexity index is 1790. The Balaban J connectivity index is 1.58. The summed E-state index contributed by atoms with van der Waals surface area (Å²) in [6.07, 6.45) is 1.87.